The Hall–Kier alpha value is -1.42. The fourth-order valence-corrected chi connectivity index (χ4v) is 3.27. The summed E-state index contributed by atoms with van der Waals surface area (Å²) in [7, 11) is 0. The zero-order valence-corrected chi connectivity index (χ0v) is 12.8. The third-order valence-electron chi connectivity index (χ3n) is 3.45. The van der Waals surface area contributed by atoms with E-state index in [4.69, 9.17) is 5.73 Å². The predicted octanol–water partition coefficient (Wildman–Crippen LogP) is 3.67. The van der Waals surface area contributed by atoms with Crippen molar-refractivity contribution in [3.8, 4) is 0 Å². The quantitative estimate of drug-likeness (QED) is 0.665. The highest BCUT2D eigenvalue weighted by molar-refractivity contribution is 8.00. The molecule has 20 heavy (non-hydrogen) atoms. The van der Waals surface area contributed by atoms with Gasteiger partial charge in [-0.1, -0.05) is 12.1 Å². The molecule has 4 heteroatoms. The lowest BCUT2D eigenvalue weighted by Crippen LogP contribution is -2.32. The molecule has 2 N–H and O–H groups in total. The van der Waals surface area contributed by atoms with Crippen molar-refractivity contribution in [3.05, 3.63) is 36.0 Å². The number of hydrogen-bond acceptors (Lipinski definition) is 3. The van der Waals surface area contributed by atoms with Crippen LogP contribution in [-0.2, 0) is 4.79 Å². The summed E-state index contributed by atoms with van der Waals surface area (Å²) < 4.78 is 0. The maximum atomic E-state index is 12.4. The van der Waals surface area contributed by atoms with E-state index in [1.807, 2.05) is 36.1 Å². The molecule has 1 aromatic carbocycles. The van der Waals surface area contributed by atoms with Crippen LogP contribution in [0.1, 0.15) is 32.6 Å². The Kier molecular flexibility index (Phi) is 5.53. The summed E-state index contributed by atoms with van der Waals surface area (Å²) in [5.41, 5.74) is 7.70. The first-order chi connectivity index (χ1) is 9.70. The number of amides is 1. The molecule has 0 radical (unpaired) electrons. The van der Waals surface area contributed by atoms with Crippen LogP contribution in [0.15, 0.2) is 40.9 Å². The van der Waals surface area contributed by atoms with Gasteiger partial charge >= 0.3 is 0 Å². The van der Waals surface area contributed by atoms with Crippen molar-refractivity contribution in [3.63, 3.8) is 0 Å². The van der Waals surface area contributed by atoms with E-state index in [9.17, 15) is 4.79 Å². The number of anilines is 1. The summed E-state index contributed by atoms with van der Waals surface area (Å²) in [4.78, 5) is 15.3. The Morgan fingerprint density at radius 3 is 2.90 bits per heavy atom. The zero-order chi connectivity index (χ0) is 14.4. The van der Waals surface area contributed by atoms with Crippen LogP contribution in [0.25, 0.3) is 0 Å². The number of nitrogens with zero attached hydrogens (tertiary/aromatic N) is 1. The van der Waals surface area contributed by atoms with Gasteiger partial charge in [0.15, 0.2) is 0 Å². The van der Waals surface area contributed by atoms with Gasteiger partial charge in [0.05, 0.1) is 5.75 Å². The van der Waals surface area contributed by atoms with Crippen molar-refractivity contribution in [2.45, 2.75) is 37.5 Å². The molecule has 1 aromatic rings. The molecule has 1 amide bonds. The Morgan fingerprint density at radius 2 is 2.25 bits per heavy atom. The van der Waals surface area contributed by atoms with E-state index in [0.717, 1.165) is 30.0 Å². The number of thioether (sulfide) groups is 1. The lowest BCUT2D eigenvalue weighted by atomic mass is 10.0. The van der Waals surface area contributed by atoms with Gasteiger partial charge in [-0.25, -0.2) is 0 Å². The molecule has 0 spiro atoms. The minimum Gasteiger partial charge on any atom is -0.399 e. The van der Waals surface area contributed by atoms with Gasteiger partial charge in [0.1, 0.15) is 0 Å². The van der Waals surface area contributed by atoms with Crippen LogP contribution >= 0.6 is 11.8 Å². The first kappa shape index (κ1) is 15.0. The smallest absolute Gasteiger partial charge is 0.237 e. The van der Waals surface area contributed by atoms with Gasteiger partial charge in [-0.15, -0.1) is 11.8 Å². The third kappa shape index (κ3) is 4.04. The maximum absolute atomic E-state index is 12.4. The molecule has 2 rings (SSSR count). The first-order valence-corrected chi connectivity index (χ1v) is 8.17. The van der Waals surface area contributed by atoms with Crippen LogP contribution in [0.5, 0.6) is 0 Å². The SMILES string of the molecule is CCN(C(=O)CSc1cccc(N)c1)C1=CCCCC1. The molecule has 0 saturated heterocycles. The normalized spacial score (nSPS) is 14.8. The summed E-state index contributed by atoms with van der Waals surface area (Å²) in [6, 6.07) is 7.68. The van der Waals surface area contributed by atoms with E-state index in [0.29, 0.717) is 5.75 Å². The number of benzene rings is 1. The van der Waals surface area contributed by atoms with E-state index in [1.165, 1.54) is 18.5 Å². The lowest BCUT2D eigenvalue weighted by molar-refractivity contribution is -0.126. The average molecular weight is 290 g/mol. The van der Waals surface area contributed by atoms with Crippen molar-refractivity contribution in [1.82, 2.24) is 4.90 Å². The fraction of sp³-hybridized carbons (Fsp3) is 0.438. The molecule has 1 aliphatic carbocycles. The monoisotopic (exact) mass is 290 g/mol. The van der Waals surface area contributed by atoms with Gasteiger partial charge in [-0.05, 0) is 50.8 Å². The van der Waals surface area contributed by atoms with Crippen LogP contribution < -0.4 is 5.73 Å². The topological polar surface area (TPSA) is 46.3 Å². The standard InChI is InChI=1S/C16H22N2OS/c1-2-18(14-8-4-3-5-9-14)16(19)12-20-15-10-6-7-13(17)11-15/h6-8,10-11H,2-5,9,12,17H2,1H3. The third-order valence-corrected chi connectivity index (χ3v) is 4.43. The maximum Gasteiger partial charge on any atom is 0.237 e. The van der Waals surface area contributed by atoms with Gasteiger partial charge in [0.25, 0.3) is 0 Å². The number of allylic oxidation sites excluding steroid dienone is 2. The Morgan fingerprint density at radius 1 is 1.40 bits per heavy atom. The molecule has 0 unspecified atom stereocenters. The molecule has 0 aromatic heterocycles. The minimum atomic E-state index is 0.188. The summed E-state index contributed by atoms with van der Waals surface area (Å²) in [5.74, 6) is 0.655. The van der Waals surface area contributed by atoms with Crippen molar-refractivity contribution in [2.24, 2.45) is 0 Å². The average Bonchev–Trinajstić information content (AvgIpc) is 2.47. The van der Waals surface area contributed by atoms with E-state index in [1.54, 1.807) is 11.8 Å². The van der Waals surface area contributed by atoms with E-state index in [-0.39, 0.29) is 5.91 Å². The van der Waals surface area contributed by atoms with Gasteiger partial charge in [-0.3, -0.25) is 4.79 Å². The Bertz CT molecular complexity index is 499. The molecule has 1 aliphatic rings. The van der Waals surface area contributed by atoms with Gasteiger partial charge < -0.3 is 10.6 Å². The summed E-state index contributed by atoms with van der Waals surface area (Å²) >= 11 is 1.55. The minimum absolute atomic E-state index is 0.188. The Labute approximate surface area is 125 Å². The second kappa shape index (κ2) is 7.39. The highest BCUT2D eigenvalue weighted by atomic mass is 32.2. The highest BCUT2D eigenvalue weighted by Gasteiger charge is 2.17. The van der Waals surface area contributed by atoms with Crippen LogP contribution in [0.3, 0.4) is 0 Å². The van der Waals surface area contributed by atoms with Crippen molar-refractivity contribution in [2.75, 3.05) is 18.0 Å². The molecule has 0 saturated carbocycles. The number of carbonyl (C=O) groups is 1. The molecule has 0 bridgehead atoms. The van der Waals surface area contributed by atoms with Crippen LogP contribution in [-0.4, -0.2) is 23.1 Å². The summed E-state index contributed by atoms with van der Waals surface area (Å²) in [6.45, 7) is 2.79. The molecule has 0 heterocycles. The summed E-state index contributed by atoms with van der Waals surface area (Å²) in [6.07, 6.45) is 6.78. The van der Waals surface area contributed by atoms with Crippen molar-refractivity contribution in [1.29, 1.82) is 0 Å². The molecular weight excluding hydrogens is 268 g/mol. The number of hydrogen-bond donors (Lipinski definition) is 1. The second-order valence-corrected chi connectivity index (χ2v) is 5.99. The number of carbonyl (C=O) groups excluding carboxylic acids is 1. The van der Waals surface area contributed by atoms with Crippen LogP contribution in [0.4, 0.5) is 5.69 Å². The molecule has 108 valence electrons. The molecule has 0 atom stereocenters. The number of nitrogens with two attached hydrogens (primary N) is 1. The van der Waals surface area contributed by atoms with Crippen molar-refractivity contribution >= 4 is 23.4 Å². The molecule has 0 fully saturated rings. The van der Waals surface area contributed by atoms with Crippen LogP contribution in [0.2, 0.25) is 0 Å². The Balaban J connectivity index is 1.94. The first-order valence-electron chi connectivity index (χ1n) is 7.18. The molecule has 3 nitrogen and oxygen atoms in total. The lowest BCUT2D eigenvalue weighted by Gasteiger charge is -2.26. The largest absolute Gasteiger partial charge is 0.399 e. The second-order valence-electron chi connectivity index (χ2n) is 4.94. The van der Waals surface area contributed by atoms with Gasteiger partial charge in [0.2, 0.25) is 5.91 Å². The predicted molar refractivity (Wildman–Crippen MR) is 85.5 cm³/mol. The van der Waals surface area contributed by atoms with E-state index in [2.05, 4.69) is 6.08 Å². The van der Waals surface area contributed by atoms with E-state index >= 15 is 0 Å². The van der Waals surface area contributed by atoms with Gasteiger partial charge in [0, 0.05) is 22.8 Å². The van der Waals surface area contributed by atoms with Gasteiger partial charge in [-0.2, -0.15) is 0 Å². The molecular formula is C16H22N2OS. The highest BCUT2D eigenvalue weighted by Crippen LogP contribution is 2.24. The fourth-order valence-electron chi connectivity index (χ4n) is 2.43. The van der Waals surface area contributed by atoms with Crippen molar-refractivity contribution < 1.29 is 4.79 Å². The number of nitrogen functional groups attached to an aromatic ring is 1. The summed E-state index contributed by atoms with van der Waals surface area (Å²) in [5, 5.41) is 0. The van der Waals surface area contributed by atoms with Crippen LogP contribution in [0, 0.1) is 0 Å². The molecule has 0 aliphatic heterocycles. The van der Waals surface area contributed by atoms with E-state index < -0.39 is 0 Å². The number of rotatable bonds is 5. The zero-order valence-electron chi connectivity index (χ0n) is 12.0.